The lowest BCUT2D eigenvalue weighted by Gasteiger charge is -2.05. The summed E-state index contributed by atoms with van der Waals surface area (Å²) in [5.41, 5.74) is 0. The number of unbranched alkanes of at least 4 members (excludes halogenated alkanes) is 32. The maximum Gasteiger partial charge on any atom is 0.0755 e. The number of rotatable bonds is 36. The Morgan fingerprint density at radius 3 is 0.550 bits per heavy atom. The highest BCUT2D eigenvalue weighted by Gasteiger charge is 1.98. The highest BCUT2D eigenvalue weighted by molar-refractivity contribution is 4.51. The minimum atomic E-state index is 0. The largest absolute Gasteiger partial charge is 1.00 e. The number of hydrogen-bond donors (Lipinski definition) is 1. The van der Waals surface area contributed by atoms with Crippen molar-refractivity contribution in [1.29, 1.82) is 0 Å². The van der Waals surface area contributed by atoms with Crippen LogP contribution in [0.4, 0.5) is 0 Å². The van der Waals surface area contributed by atoms with E-state index < -0.39 is 0 Å². The summed E-state index contributed by atoms with van der Waals surface area (Å²) in [4.78, 5) is 0. The second-order valence-electron chi connectivity index (χ2n) is 13.2. The molecule has 0 bridgehead atoms. The minimum Gasteiger partial charge on any atom is -1.00 e. The van der Waals surface area contributed by atoms with Gasteiger partial charge < -0.3 is 17.7 Å². The van der Waals surface area contributed by atoms with Gasteiger partial charge in [0.2, 0.25) is 0 Å². The molecular formula is C38H80ClN. The van der Waals surface area contributed by atoms with Crippen molar-refractivity contribution in [1.82, 2.24) is 0 Å². The zero-order chi connectivity index (χ0) is 28.2. The number of hydrogen-bond acceptors (Lipinski definition) is 0. The van der Waals surface area contributed by atoms with Gasteiger partial charge in [-0.1, -0.05) is 206 Å². The van der Waals surface area contributed by atoms with E-state index >= 15 is 0 Å². The Labute approximate surface area is 262 Å². The van der Waals surface area contributed by atoms with Gasteiger partial charge in [-0.3, -0.25) is 0 Å². The lowest BCUT2D eigenvalue weighted by atomic mass is 10.0. The predicted molar refractivity (Wildman–Crippen MR) is 180 cm³/mol. The average Bonchev–Trinajstić information content (AvgIpc) is 2.95. The number of quaternary nitrogens is 1. The van der Waals surface area contributed by atoms with Crippen LogP contribution in [0.15, 0.2) is 0 Å². The second kappa shape index (κ2) is 41.4. The van der Waals surface area contributed by atoms with Crippen molar-refractivity contribution < 1.29 is 17.7 Å². The van der Waals surface area contributed by atoms with Crippen molar-refractivity contribution in [3.63, 3.8) is 0 Å². The van der Waals surface area contributed by atoms with Crippen LogP contribution in [0.25, 0.3) is 0 Å². The number of nitrogens with two attached hydrogens (primary N) is 1. The summed E-state index contributed by atoms with van der Waals surface area (Å²) < 4.78 is 0. The normalized spacial score (nSPS) is 11.2. The van der Waals surface area contributed by atoms with Crippen molar-refractivity contribution in [2.75, 3.05) is 13.1 Å². The molecule has 244 valence electrons. The van der Waals surface area contributed by atoms with Gasteiger partial charge >= 0.3 is 0 Å². The molecule has 0 aromatic carbocycles. The highest BCUT2D eigenvalue weighted by atomic mass is 35.5. The Balaban J connectivity index is 0. The molecule has 0 aliphatic heterocycles. The second-order valence-corrected chi connectivity index (χ2v) is 13.2. The van der Waals surface area contributed by atoms with Crippen LogP contribution in [0.3, 0.4) is 0 Å². The molecule has 0 amide bonds. The van der Waals surface area contributed by atoms with E-state index in [0.717, 1.165) is 0 Å². The fourth-order valence-electron chi connectivity index (χ4n) is 6.17. The fraction of sp³-hybridized carbons (Fsp3) is 1.00. The van der Waals surface area contributed by atoms with E-state index in [4.69, 9.17) is 0 Å². The Kier molecular flexibility index (Phi) is 43.9. The minimum absolute atomic E-state index is 0. The molecule has 0 atom stereocenters. The van der Waals surface area contributed by atoms with E-state index in [1.165, 1.54) is 231 Å². The number of halogens is 1. The zero-order valence-corrected chi connectivity index (χ0v) is 29.2. The molecule has 40 heavy (non-hydrogen) atoms. The topological polar surface area (TPSA) is 16.6 Å². The Morgan fingerprint density at radius 1 is 0.225 bits per heavy atom. The predicted octanol–water partition coefficient (Wildman–Crippen LogP) is 9.86. The summed E-state index contributed by atoms with van der Waals surface area (Å²) in [6, 6.07) is 0. The molecule has 0 aromatic heterocycles. The SMILES string of the molecule is CCCCCCCCCCCCCCCCCCC[NH2+]CCCCCCCCCCCCCCCCCCC.[Cl-]. The van der Waals surface area contributed by atoms with E-state index in [1.807, 2.05) is 0 Å². The van der Waals surface area contributed by atoms with Crippen LogP contribution in [0.2, 0.25) is 0 Å². The first-order valence-corrected chi connectivity index (χ1v) is 19.2. The summed E-state index contributed by atoms with van der Waals surface area (Å²) in [7, 11) is 0. The Morgan fingerprint density at radius 2 is 0.375 bits per heavy atom. The third kappa shape index (κ3) is 40.4. The molecule has 0 unspecified atom stereocenters. The van der Waals surface area contributed by atoms with Crippen molar-refractivity contribution >= 4 is 0 Å². The van der Waals surface area contributed by atoms with E-state index in [1.54, 1.807) is 0 Å². The molecule has 0 aromatic rings. The van der Waals surface area contributed by atoms with E-state index in [9.17, 15) is 0 Å². The summed E-state index contributed by atoms with van der Waals surface area (Å²) >= 11 is 0. The molecule has 0 radical (unpaired) electrons. The monoisotopic (exact) mass is 586 g/mol. The summed E-state index contributed by atoms with van der Waals surface area (Å²) in [5, 5.41) is 2.59. The van der Waals surface area contributed by atoms with Gasteiger partial charge in [-0.05, 0) is 25.7 Å². The van der Waals surface area contributed by atoms with Crippen LogP contribution < -0.4 is 17.7 Å². The molecule has 2 N–H and O–H groups in total. The van der Waals surface area contributed by atoms with Crippen LogP contribution in [0.1, 0.15) is 232 Å². The third-order valence-electron chi connectivity index (χ3n) is 9.02. The van der Waals surface area contributed by atoms with Crippen molar-refractivity contribution in [2.45, 2.75) is 232 Å². The van der Waals surface area contributed by atoms with Gasteiger partial charge in [-0.2, -0.15) is 0 Å². The molecule has 0 aliphatic carbocycles. The summed E-state index contributed by atoms with van der Waals surface area (Å²) in [6.07, 6.45) is 50.0. The van der Waals surface area contributed by atoms with Crippen LogP contribution >= 0.6 is 0 Å². The molecule has 0 spiro atoms. The molecule has 2 heteroatoms. The van der Waals surface area contributed by atoms with Gasteiger partial charge in [-0.15, -0.1) is 0 Å². The molecule has 0 fully saturated rings. The molecule has 0 saturated carbocycles. The lowest BCUT2D eigenvalue weighted by Crippen LogP contribution is -3.00. The molecule has 0 heterocycles. The fourth-order valence-corrected chi connectivity index (χ4v) is 6.17. The molecule has 0 aliphatic rings. The molecule has 0 rings (SSSR count). The van der Waals surface area contributed by atoms with E-state index in [0.29, 0.717) is 0 Å². The van der Waals surface area contributed by atoms with Crippen LogP contribution in [0, 0.1) is 0 Å². The summed E-state index contributed by atoms with van der Waals surface area (Å²) in [5.74, 6) is 0. The first kappa shape index (κ1) is 42.4. The van der Waals surface area contributed by atoms with E-state index in [-0.39, 0.29) is 12.4 Å². The molecule has 1 nitrogen and oxygen atoms in total. The maximum atomic E-state index is 2.59. The zero-order valence-electron chi connectivity index (χ0n) is 28.4. The Bertz CT molecular complexity index is 363. The van der Waals surface area contributed by atoms with Crippen molar-refractivity contribution in [3.8, 4) is 0 Å². The van der Waals surface area contributed by atoms with Gasteiger partial charge in [0.05, 0.1) is 13.1 Å². The maximum absolute atomic E-state index is 2.59. The van der Waals surface area contributed by atoms with Crippen molar-refractivity contribution in [2.24, 2.45) is 0 Å². The third-order valence-corrected chi connectivity index (χ3v) is 9.02. The Hall–Kier alpha value is 0.250. The van der Waals surface area contributed by atoms with Crippen LogP contribution in [0.5, 0.6) is 0 Å². The van der Waals surface area contributed by atoms with Crippen LogP contribution in [-0.2, 0) is 0 Å². The quantitative estimate of drug-likeness (QED) is 0.0704. The highest BCUT2D eigenvalue weighted by Crippen LogP contribution is 2.15. The van der Waals surface area contributed by atoms with Gasteiger partial charge in [-0.25, -0.2) is 0 Å². The first-order valence-electron chi connectivity index (χ1n) is 19.2. The van der Waals surface area contributed by atoms with Crippen LogP contribution in [-0.4, -0.2) is 13.1 Å². The van der Waals surface area contributed by atoms with Gasteiger partial charge in [0.25, 0.3) is 0 Å². The summed E-state index contributed by atoms with van der Waals surface area (Å²) in [6.45, 7) is 7.36. The van der Waals surface area contributed by atoms with Crippen molar-refractivity contribution in [3.05, 3.63) is 0 Å². The smallest absolute Gasteiger partial charge is 0.0755 e. The standard InChI is InChI=1S/C38H79N.ClH/c1-3-5-7-9-11-13-15-17-19-21-23-25-27-29-31-33-35-37-39-38-36-34-32-30-28-26-24-22-20-18-16-14-12-10-8-6-4-2;/h39H,3-38H2,1-2H3;1H. The lowest BCUT2D eigenvalue weighted by molar-refractivity contribution is -0.655. The molecule has 0 saturated heterocycles. The van der Waals surface area contributed by atoms with E-state index in [2.05, 4.69) is 19.2 Å². The van der Waals surface area contributed by atoms with Gasteiger partial charge in [0, 0.05) is 0 Å². The molecular weight excluding hydrogens is 506 g/mol. The van der Waals surface area contributed by atoms with Gasteiger partial charge in [0.15, 0.2) is 0 Å². The first-order chi connectivity index (χ1) is 19.4. The van der Waals surface area contributed by atoms with Gasteiger partial charge in [0.1, 0.15) is 0 Å². The average molecular weight is 587 g/mol.